The molecule has 1 spiro atoms. The first-order valence-electron chi connectivity index (χ1n) is 23.6. The van der Waals surface area contributed by atoms with Gasteiger partial charge >= 0.3 is 5.97 Å². The molecule has 0 amide bonds. The first kappa shape index (κ1) is 49.8. The van der Waals surface area contributed by atoms with E-state index < -0.39 is 103 Å². The molecule has 0 saturated carbocycles. The number of carbonyl (C=O) groups is 1. The van der Waals surface area contributed by atoms with E-state index >= 15 is 0 Å². The highest BCUT2D eigenvalue weighted by Gasteiger charge is 2.61. The lowest BCUT2D eigenvalue weighted by Gasteiger charge is -2.52. The van der Waals surface area contributed by atoms with Gasteiger partial charge in [-0.3, -0.25) is 4.79 Å². The van der Waals surface area contributed by atoms with Crippen LogP contribution in [0.1, 0.15) is 100 Å². The Balaban J connectivity index is 1.20. The van der Waals surface area contributed by atoms with Gasteiger partial charge in [0.25, 0.3) is 0 Å². The topological polar surface area (TPSA) is 179 Å². The van der Waals surface area contributed by atoms with Crippen molar-refractivity contribution >= 4 is 5.97 Å². The van der Waals surface area contributed by atoms with Gasteiger partial charge in [-0.05, 0) is 56.8 Å². The summed E-state index contributed by atoms with van der Waals surface area (Å²) in [5, 5.41) is 34.8. The number of esters is 1. The second kappa shape index (κ2) is 20.6. The van der Waals surface area contributed by atoms with Gasteiger partial charge in [-0.15, -0.1) is 0 Å². The van der Waals surface area contributed by atoms with Crippen LogP contribution >= 0.6 is 0 Å². The molecular weight excluding hydrogens is 829 g/mol. The van der Waals surface area contributed by atoms with Gasteiger partial charge in [0.1, 0.15) is 42.0 Å². The molecule has 21 atom stereocenters. The van der Waals surface area contributed by atoms with Crippen LogP contribution in [-0.2, 0) is 56.9 Å². The maximum Gasteiger partial charge on any atom is 0.316 e. The van der Waals surface area contributed by atoms with Gasteiger partial charge in [0.15, 0.2) is 18.4 Å². The predicted molar refractivity (Wildman–Crippen MR) is 234 cm³/mol. The zero-order valence-electron chi connectivity index (χ0n) is 39.8. The van der Waals surface area contributed by atoms with E-state index in [4.69, 9.17) is 52.1 Å². The average molecular weight is 905 g/mol. The van der Waals surface area contributed by atoms with Crippen LogP contribution in [0.4, 0.5) is 0 Å². The Bertz CT molecular complexity index is 1730. The molecule has 0 aromatic carbocycles. The van der Waals surface area contributed by atoms with Crippen LogP contribution in [0.25, 0.3) is 0 Å². The number of hydrogen-bond acceptors (Lipinski definition) is 15. The van der Waals surface area contributed by atoms with Crippen LogP contribution in [0.15, 0.2) is 47.1 Å². The smallest absolute Gasteiger partial charge is 0.316 e. The summed E-state index contributed by atoms with van der Waals surface area (Å²) in [7, 11) is 4.79. The second-order valence-electron chi connectivity index (χ2n) is 19.7. The Hall–Kier alpha value is -2.09. The molecule has 5 saturated heterocycles. The van der Waals surface area contributed by atoms with Crippen LogP contribution in [0, 0.1) is 23.7 Å². The quantitative estimate of drug-likeness (QED) is 0.202. The van der Waals surface area contributed by atoms with E-state index in [1.165, 1.54) is 0 Å². The molecule has 0 aromatic heterocycles. The first-order valence-corrected chi connectivity index (χ1v) is 23.6. The molecule has 362 valence electrons. The SMILES string of the molecule is CC[C@H](C)[C@@H]1O[C@@]2(C[C@@H]3C[C@@H](C/C=C(\C)[C@@H](O[C@H]4C[C@H](OC)[C@@H](O[C@H]5C[C@H](OC)[C@@H](O)[C@H](C)O5)[C@H](C)O4)[C@@H](C)/C=C/C=C4\CO[C@@H]5[C@H](OC)C(C)=C[C@@H](C(=O)O3)[C@]45O)O2)C[C@@H](O)[C@@H]1C. The molecule has 15 nitrogen and oxygen atoms in total. The first-order chi connectivity index (χ1) is 30.4. The van der Waals surface area contributed by atoms with Crippen molar-refractivity contribution in [3.8, 4) is 0 Å². The average Bonchev–Trinajstić information content (AvgIpc) is 3.59. The fraction of sp³-hybridized carbons (Fsp3) is 0.816. The fourth-order valence-corrected chi connectivity index (χ4v) is 11.3. The minimum Gasteiger partial charge on any atom is -0.462 e. The normalized spacial score (nSPS) is 49.4. The Labute approximate surface area is 379 Å². The molecule has 15 heteroatoms. The number of carbonyl (C=O) groups excluding carboxylic acids is 1. The van der Waals surface area contributed by atoms with Crippen LogP contribution in [0.2, 0.25) is 0 Å². The van der Waals surface area contributed by atoms with Crippen LogP contribution in [0.3, 0.4) is 0 Å². The summed E-state index contributed by atoms with van der Waals surface area (Å²) in [4.78, 5) is 14.5. The molecule has 2 bridgehead atoms. The highest BCUT2D eigenvalue weighted by Crippen LogP contribution is 2.48. The molecule has 3 N–H and O–H groups in total. The van der Waals surface area contributed by atoms with E-state index in [9.17, 15) is 20.1 Å². The van der Waals surface area contributed by atoms with E-state index in [1.54, 1.807) is 34.3 Å². The van der Waals surface area contributed by atoms with E-state index in [-0.39, 0.29) is 49.4 Å². The Morgan fingerprint density at radius 3 is 2.27 bits per heavy atom. The summed E-state index contributed by atoms with van der Waals surface area (Å²) in [6.45, 7) is 16.1. The van der Waals surface area contributed by atoms with Crippen molar-refractivity contribution in [2.24, 2.45) is 23.7 Å². The van der Waals surface area contributed by atoms with Gasteiger partial charge in [-0.25, -0.2) is 0 Å². The third kappa shape index (κ3) is 10.0. The highest BCUT2D eigenvalue weighted by molar-refractivity contribution is 5.78. The van der Waals surface area contributed by atoms with Crippen molar-refractivity contribution in [3.63, 3.8) is 0 Å². The van der Waals surface area contributed by atoms with Gasteiger partial charge in [0, 0.05) is 65.3 Å². The maximum absolute atomic E-state index is 14.5. The third-order valence-corrected chi connectivity index (χ3v) is 15.3. The molecular formula is C49H76O15. The number of hydrogen-bond donors (Lipinski definition) is 3. The lowest BCUT2D eigenvalue weighted by Crippen LogP contribution is -2.60. The molecule has 6 aliphatic heterocycles. The summed E-state index contributed by atoms with van der Waals surface area (Å²) in [6, 6.07) is 0. The number of fused-ring (bicyclic) bond motifs is 2. The lowest BCUT2D eigenvalue weighted by molar-refractivity contribution is -0.354. The van der Waals surface area contributed by atoms with Crippen molar-refractivity contribution < 1.29 is 72.2 Å². The van der Waals surface area contributed by atoms with E-state index in [2.05, 4.69) is 26.8 Å². The third-order valence-electron chi connectivity index (χ3n) is 15.3. The Kier molecular flexibility index (Phi) is 16.1. The fourth-order valence-electron chi connectivity index (χ4n) is 11.3. The summed E-state index contributed by atoms with van der Waals surface area (Å²) < 4.78 is 69.9. The summed E-state index contributed by atoms with van der Waals surface area (Å²) in [5.74, 6) is -2.98. The number of ether oxygens (including phenoxy) is 11. The Morgan fingerprint density at radius 2 is 1.56 bits per heavy atom. The largest absolute Gasteiger partial charge is 0.462 e. The minimum absolute atomic E-state index is 0.0971. The Morgan fingerprint density at radius 1 is 0.859 bits per heavy atom. The van der Waals surface area contributed by atoms with Crippen molar-refractivity contribution in [2.75, 3.05) is 27.9 Å². The standard InChI is InChI=1S/C49H76O15/c1-12-25(2)43-29(6)36(50)23-48(64-43)22-34-19-33(63-48)17-16-27(4)42(61-40-21-38(55-10)45(31(8)59-40)62-39-20-37(54-9)41(51)30(7)58-39)26(3)14-13-15-32-24-57-46-44(56-11)28(5)18-35(47(52)60-34)49(32,46)53/h13-16,18,25-26,29-31,33-46,50-51,53H,12,17,19-24H2,1-11H3/b14-13+,27-16+,32-15+/t25-,26-,29-,30-,31-,33+,34-,35-,36+,37-,38-,39-,40-,41-,42-,43-,44+,45-,46+,48-,49+/m0/s1. The van der Waals surface area contributed by atoms with E-state index in [1.807, 2.05) is 45.9 Å². The molecule has 0 aromatic rings. The van der Waals surface area contributed by atoms with Gasteiger partial charge in [-0.1, -0.05) is 64.5 Å². The number of aliphatic hydroxyl groups is 3. The number of methoxy groups -OCH3 is 3. The molecule has 1 aliphatic carbocycles. The molecule has 0 radical (unpaired) electrons. The summed E-state index contributed by atoms with van der Waals surface area (Å²) in [5.41, 5.74) is 0.516. The maximum atomic E-state index is 14.5. The summed E-state index contributed by atoms with van der Waals surface area (Å²) >= 11 is 0. The van der Waals surface area contributed by atoms with E-state index in [0.29, 0.717) is 31.3 Å². The van der Waals surface area contributed by atoms with Crippen LogP contribution in [-0.4, -0.2) is 153 Å². The van der Waals surface area contributed by atoms with Gasteiger partial charge < -0.3 is 67.4 Å². The highest BCUT2D eigenvalue weighted by atomic mass is 16.7. The van der Waals surface area contributed by atoms with Crippen molar-refractivity contribution in [2.45, 2.75) is 204 Å². The van der Waals surface area contributed by atoms with Crippen LogP contribution < -0.4 is 0 Å². The zero-order chi connectivity index (χ0) is 46.2. The summed E-state index contributed by atoms with van der Waals surface area (Å²) in [6.07, 6.45) is 4.40. The van der Waals surface area contributed by atoms with Gasteiger partial charge in [0.2, 0.25) is 0 Å². The van der Waals surface area contributed by atoms with Crippen molar-refractivity contribution in [1.82, 2.24) is 0 Å². The lowest BCUT2D eigenvalue weighted by atomic mass is 9.70. The second-order valence-corrected chi connectivity index (χ2v) is 19.7. The van der Waals surface area contributed by atoms with Crippen molar-refractivity contribution in [3.05, 3.63) is 47.1 Å². The molecule has 64 heavy (non-hydrogen) atoms. The van der Waals surface area contributed by atoms with E-state index in [0.717, 1.165) is 17.6 Å². The molecule has 5 fully saturated rings. The monoisotopic (exact) mass is 905 g/mol. The number of rotatable bonds is 9. The molecule has 6 heterocycles. The van der Waals surface area contributed by atoms with Crippen molar-refractivity contribution in [1.29, 1.82) is 0 Å². The van der Waals surface area contributed by atoms with Gasteiger partial charge in [-0.2, -0.15) is 0 Å². The minimum atomic E-state index is -1.74. The van der Waals surface area contributed by atoms with Crippen LogP contribution in [0.5, 0.6) is 0 Å². The molecule has 7 rings (SSSR count). The number of aliphatic hydroxyl groups excluding tert-OH is 2. The predicted octanol–water partition coefficient (Wildman–Crippen LogP) is 5.23. The number of allylic oxidation sites excluding steroid dienone is 2. The zero-order valence-corrected chi connectivity index (χ0v) is 39.8. The molecule has 0 unspecified atom stereocenters. The molecule has 7 aliphatic rings. The van der Waals surface area contributed by atoms with Gasteiger partial charge in [0.05, 0.1) is 55.4 Å².